The summed E-state index contributed by atoms with van der Waals surface area (Å²) in [4.78, 5) is 14.9. The highest BCUT2D eigenvalue weighted by Gasteiger charge is 2.21. The summed E-state index contributed by atoms with van der Waals surface area (Å²) < 4.78 is 1.80. The number of imidazole rings is 1. The Morgan fingerprint density at radius 3 is 2.56 bits per heavy atom. The summed E-state index contributed by atoms with van der Waals surface area (Å²) in [5.74, 6) is -1.12. The maximum atomic E-state index is 11.1. The Morgan fingerprint density at radius 2 is 2.00 bits per heavy atom. The predicted octanol–water partition coefficient (Wildman–Crippen LogP) is 2.99. The minimum absolute atomic E-state index is 0.0387. The first-order valence-electron chi connectivity index (χ1n) is 4.33. The molecular weight excluding hydrogens is 295 g/mol. The molecule has 82 valence electrons. The lowest BCUT2D eigenvalue weighted by atomic mass is 10.3. The normalized spacial score (nSPS) is 10.4. The summed E-state index contributed by atoms with van der Waals surface area (Å²) in [6.07, 6.45) is 0. The Kier molecular flexibility index (Phi) is 2.98. The molecule has 2 rings (SSSR count). The van der Waals surface area contributed by atoms with Gasteiger partial charge in [0.2, 0.25) is 0 Å². The summed E-state index contributed by atoms with van der Waals surface area (Å²) in [6, 6.07) is 9.00. The number of nitrogens with zero attached hydrogens (tertiary/aromatic N) is 2. The van der Waals surface area contributed by atoms with Crippen LogP contribution in [-0.4, -0.2) is 20.6 Å². The summed E-state index contributed by atoms with van der Waals surface area (Å²) in [5.41, 5.74) is 0.630. The molecule has 4 nitrogen and oxygen atoms in total. The molecule has 2 aromatic rings. The van der Waals surface area contributed by atoms with Crippen LogP contribution in [0.25, 0.3) is 5.69 Å². The molecule has 0 atom stereocenters. The van der Waals surface area contributed by atoms with Gasteiger partial charge in [-0.1, -0.05) is 29.8 Å². The van der Waals surface area contributed by atoms with Gasteiger partial charge in [-0.2, -0.15) is 0 Å². The molecule has 0 saturated heterocycles. The fraction of sp³-hybridized carbons (Fsp3) is 0. The van der Waals surface area contributed by atoms with E-state index in [-0.39, 0.29) is 10.8 Å². The number of aromatic carboxylic acids is 1. The van der Waals surface area contributed by atoms with Crippen LogP contribution >= 0.6 is 27.5 Å². The van der Waals surface area contributed by atoms with Gasteiger partial charge in [-0.15, -0.1) is 0 Å². The number of hydrogen-bond donors (Lipinski definition) is 1. The van der Waals surface area contributed by atoms with Gasteiger partial charge in [0.05, 0.1) is 0 Å². The molecule has 0 aliphatic carbocycles. The van der Waals surface area contributed by atoms with E-state index in [9.17, 15) is 4.79 Å². The van der Waals surface area contributed by atoms with Crippen molar-refractivity contribution < 1.29 is 9.90 Å². The van der Waals surface area contributed by atoms with Crippen LogP contribution in [0.15, 0.2) is 35.1 Å². The zero-order valence-corrected chi connectivity index (χ0v) is 10.2. The zero-order valence-electron chi connectivity index (χ0n) is 7.89. The third kappa shape index (κ3) is 1.83. The van der Waals surface area contributed by atoms with Gasteiger partial charge in [0.25, 0.3) is 0 Å². The van der Waals surface area contributed by atoms with E-state index < -0.39 is 5.97 Å². The summed E-state index contributed by atoms with van der Waals surface area (Å²) in [6.45, 7) is 0. The zero-order chi connectivity index (χ0) is 11.7. The average molecular weight is 302 g/mol. The van der Waals surface area contributed by atoms with Crippen LogP contribution in [-0.2, 0) is 0 Å². The van der Waals surface area contributed by atoms with Crippen LogP contribution in [0.4, 0.5) is 0 Å². The number of halogens is 2. The van der Waals surface area contributed by atoms with E-state index in [0.717, 1.165) is 0 Å². The van der Waals surface area contributed by atoms with Crippen LogP contribution in [0.2, 0.25) is 5.15 Å². The Labute approximate surface area is 105 Å². The molecule has 1 N–H and O–H groups in total. The second-order valence-electron chi connectivity index (χ2n) is 3.00. The van der Waals surface area contributed by atoms with Crippen LogP contribution in [0, 0.1) is 0 Å². The summed E-state index contributed by atoms with van der Waals surface area (Å²) >= 11 is 8.93. The number of para-hydroxylation sites is 1. The van der Waals surface area contributed by atoms with Crippen molar-refractivity contribution in [1.29, 1.82) is 0 Å². The van der Waals surface area contributed by atoms with Crippen molar-refractivity contribution in [2.75, 3.05) is 0 Å². The summed E-state index contributed by atoms with van der Waals surface area (Å²) in [7, 11) is 0. The molecule has 0 spiro atoms. The fourth-order valence-electron chi connectivity index (χ4n) is 1.37. The van der Waals surface area contributed by atoms with Gasteiger partial charge < -0.3 is 5.11 Å². The van der Waals surface area contributed by atoms with Gasteiger partial charge in [0.1, 0.15) is 0 Å². The molecule has 0 saturated carbocycles. The maximum Gasteiger partial charge on any atom is 0.356 e. The second kappa shape index (κ2) is 4.27. The first-order chi connectivity index (χ1) is 7.61. The monoisotopic (exact) mass is 300 g/mol. The summed E-state index contributed by atoms with van der Waals surface area (Å²) in [5, 5.41) is 9.02. The van der Waals surface area contributed by atoms with Gasteiger partial charge in [-0.25, -0.2) is 9.78 Å². The number of aromatic nitrogens is 2. The smallest absolute Gasteiger partial charge is 0.356 e. The van der Waals surface area contributed by atoms with Crippen LogP contribution in [0.3, 0.4) is 0 Å². The van der Waals surface area contributed by atoms with Crippen molar-refractivity contribution >= 4 is 33.5 Å². The molecule has 1 aromatic heterocycles. The van der Waals surface area contributed by atoms with E-state index in [2.05, 4.69) is 20.9 Å². The van der Waals surface area contributed by atoms with E-state index >= 15 is 0 Å². The fourth-order valence-corrected chi connectivity index (χ4v) is 2.27. The van der Waals surface area contributed by atoms with Crippen molar-refractivity contribution in [2.45, 2.75) is 0 Å². The number of carboxylic acid groups (broad SMARTS) is 1. The molecule has 0 radical (unpaired) electrons. The van der Waals surface area contributed by atoms with Crippen molar-refractivity contribution in [3.63, 3.8) is 0 Å². The first-order valence-corrected chi connectivity index (χ1v) is 5.51. The number of hydrogen-bond acceptors (Lipinski definition) is 2. The third-order valence-corrected chi connectivity index (χ3v) is 2.81. The molecule has 0 aliphatic rings. The van der Waals surface area contributed by atoms with E-state index in [1.165, 1.54) is 4.57 Å². The van der Waals surface area contributed by atoms with Crippen LogP contribution < -0.4 is 0 Å². The van der Waals surface area contributed by atoms with E-state index in [0.29, 0.717) is 10.4 Å². The largest absolute Gasteiger partial charge is 0.476 e. The molecular formula is C10H6BrClN2O2. The van der Waals surface area contributed by atoms with E-state index in [1.54, 1.807) is 24.3 Å². The number of rotatable bonds is 2. The molecule has 0 unspecified atom stereocenters. The van der Waals surface area contributed by atoms with Crippen molar-refractivity contribution in [3.8, 4) is 5.69 Å². The van der Waals surface area contributed by atoms with E-state index in [4.69, 9.17) is 16.7 Å². The van der Waals surface area contributed by atoms with Crippen molar-refractivity contribution in [1.82, 2.24) is 9.55 Å². The van der Waals surface area contributed by atoms with Gasteiger partial charge in [0.15, 0.2) is 15.6 Å². The lowest BCUT2D eigenvalue weighted by Gasteiger charge is -2.06. The number of benzene rings is 1. The standard InChI is InChI=1S/C10H6BrClN2O2/c11-10-13-8(12)7(9(15)16)14(10)6-4-2-1-3-5-6/h1-5H,(H,15,16). The highest BCUT2D eigenvalue weighted by Crippen LogP contribution is 2.25. The highest BCUT2D eigenvalue weighted by molar-refractivity contribution is 9.10. The highest BCUT2D eigenvalue weighted by atomic mass is 79.9. The maximum absolute atomic E-state index is 11.1. The lowest BCUT2D eigenvalue weighted by Crippen LogP contribution is -2.07. The third-order valence-electron chi connectivity index (χ3n) is 2.01. The van der Waals surface area contributed by atoms with Gasteiger partial charge in [-0.3, -0.25) is 4.57 Å². The Balaban J connectivity index is 2.69. The van der Waals surface area contributed by atoms with Gasteiger partial charge in [0, 0.05) is 5.69 Å². The molecule has 0 bridgehead atoms. The molecule has 0 amide bonds. The predicted molar refractivity (Wildman–Crippen MR) is 63.2 cm³/mol. The minimum atomic E-state index is -1.12. The van der Waals surface area contributed by atoms with Gasteiger partial charge >= 0.3 is 5.97 Å². The Bertz CT molecular complexity index is 539. The Morgan fingerprint density at radius 1 is 1.38 bits per heavy atom. The van der Waals surface area contributed by atoms with E-state index in [1.807, 2.05) is 6.07 Å². The molecule has 0 fully saturated rings. The van der Waals surface area contributed by atoms with Gasteiger partial charge in [-0.05, 0) is 28.1 Å². The molecule has 6 heteroatoms. The average Bonchev–Trinajstić information content (AvgIpc) is 2.55. The first kappa shape index (κ1) is 11.2. The molecule has 0 aliphatic heterocycles. The van der Waals surface area contributed by atoms with Crippen LogP contribution in [0.5, 0.6) is 0 Å². The van der Waals surface area contributed by atoms with Crippen molar-refractivity contribution in [2.24, 2.45) is 0 Å². The van der Waals surface area contributed by atoms with Crippen LogP contribution in [0.1, 0.15) is 10.5 Å². The molecule has 16 heavy (non-hydrogen) atoms. The second-order valence-corrected chi connectivity index (χ2v) is 4.06. The lowest BCUT2D eigenvalue weighted by molar-refractivity contribution is 0.0688. The SMILES string of the molecule is O=C(O)c1c(Cl)nc(Br)n1-c1ccccc1. The Hall–Kier alpha value is -1.33. The number of carboxylic acids is 1. The quantitative estimate of drug-likeness (QED) is 0.927. The molecule has 1 heterocycles. The number of carbonyl (C=O) groups is 1. The topological polar surface area (TPSA) is 55.1 Å². The van der Waals surface area contributed by atoms with Crippen molar-refractivity contribution in [3.05, 3.63) is 45.9 Å². The molecule has 1 aromatic carbocycles. The minimum Gasteiger partial charge on any atom is -0.476 e.